The van der Waals surface area contributed by atoms with Crippen molar-refractivity contribution in [2.75, 3.05) is 7.11 Å². The van der Waals surface area contributed by atoms with E-state index < -0.39 is 23.4 Å². The van der Waals surface area contributed by atoms with E-state index >= 15 is 0 Å². The molecule has 2 N–H and O–H groups in total. The van der Waals surface area contributed by atoms with Crippen LogP contribution in [-0.2, 0) is 10.3 Å². The first-order valence-electron chi connectivity index (χ1n) is 11.4. The van der Waals surface area contributed by atoms with Gasteiger partial charge in [0.1, 0.15) is 17.1 Å². The van der Waals surface area contributed by atoms with Crippen LogP contribution in [-0.4, -0.2) is 39.5 Å². The van der Waals surface area contributed by atoms with Gasteiger partial charge in [-0.15, -0.1) is 0 Å². The number of carbonyl (C=O) groups is 3. The normalized spacial score (nSPS) is 17.1. The highest BCUT2D eigenvalue weighted by Gasteiger charge is 2.50. The number of nitrogens with one attached hydrogen (secondary N) is 2. The van der Waals surface area contributed by atoms with E-state index in [1.807, 2.05) is 6.07 Å². The van der Waals surface area contributed by atoms with E-state index in [1.165, 1.54) is 23.8 Å². The number of hydrazine groups is 1. The molecule has 186 valence electrons. The average Bonchev–Trinajstić information content (AvgIpc) is 3.12. The van der Waals surface area contributed by atoms with E-state index in [-0.39, 0.29) is 11.1 Å². The van der Waals surface area contributed by atoms with Crippen LogP contribution in [0.5, 0.6) is 5.75 Å². The van der Waals surface area contributed by atoms with Crippen LogP contribution in [0.25, 0.3) is 16.6 Å². The summed E-state index contributed by atoms with van der Waals surface area (Å²) in [4.78, 5) is 56.1. The van der Waals surface area contributed by atoms with E-state index in [0.717, 1.165) is 0 Å². The number of hydrogen-bond acceptors (Lipinski definition) is 6. The van der Waals surface area contributed by atoms with Crippen LogP contribution in [0.3, 0.4) is 0 Å². The molecule has 1 saturated heterocycles. The third kappa shape index (κ3) is 3.98. The zero-order valence-corrected chi connectivity index (χ0v) is 20.3. The molecule has 5 rings (SSSR count). The molecular weight excluding hydrogens is 474 g/mol. The molecule has 0 aliphatic carbocycles. The molecule has 4 aromatic rings. The Kier molecular flexibility index (Phi) is 5.71. The third-order valence-corrected chi connectivity index (χ3v) is 6.40. The highest BCUT2D eigenvalue weighted by Crippen LogP contribution is 2.29. The van der Waals surface area contributed by atoms with Gasteiger partial charge in [0, 0.05) is 5.56 Å². The topological polar surface area (TPSA) is 123 Å². The van der Waals surface area contributed by atoms with E-state index in [1.54, 1.807) is 68.4 Å². The predicted molar refractivity (Wildman–Crippen MR) is 135 cm³/mol. The zero-order valence-electron chi connectivity index (χ0n) is 20.3. The number of benzene rings is 3. The Morgan fingerprint density at radius 1 is 0.973 bits per heavy atom. The molecule has 10 heteroatoms. The molecule has 0 spiro atoms. The van der Waals surface area contributed by atoms with E-state index in [2.05, 4.69) is 15.7 Å². The van der Waals surface area contributed by atoms with Crippen LogP contribution < -0.4 is 21.0 Å². The number of rotatable bonds is 5. The molecule has 0 radical (unpaired) electrons. The van der Waals surface area contributed by atoms with Crippen molar-refractivity contribution in [3.63, 3.8) is 0 Å². The van der Waals surface area contributed by atoms with Gasteiger partial charge in [0.05, 0.1) is 23.7 Å². The number of methoxy groups -OCH3 is 1. The summed E-state index contributed by atoms with van der Waals surface area (Å²) in [6.45, 7) is 3.29. The Bertz CT molecular complexity index is 1610. The number of amides is 4. The SMILES string of the molecule is COc1ccc([C@]2(C)NC(=O)N(NC(=O)c3ccc(-n4c(C)nc5ccccc5c4=O)cc3)C2=O)cc1. The van der Waals surface area contributed by atoms with Crippen LogP contribution in [0.4, 0.5) is 4.79 Å². The van der Waals surface area contributed by atoms with Gasteiger partial charge in [-0.05, 0) is 67.9 Å². The van der Waals surface area contributed by atoms with Crippen LogP contribution >= 0.6 is 0 Å². The van der Waals surface area contributed by atoms with Crippen LogP contribution in [0.2, 0.25) is 0 Å². The lowest BCUT2D eigenvalue weighted by molar-refractivity contribution is -0.132. The largest absolute Gasteiger partial charge is 0.497 e. The summed E-state index contributed by atoms with van der Waals surface area (Å²) in [6, 6.07) is 19.3. The van der Waals surface area contributed by atoms with Crippen molar-refractivity contribution in [1.29, 1.82) is 0 Å². The molecule has 10 nitrogen and oxygen atoms in total. The van der Waals surface area contributed by atoms with E-state index in [9.17, 15) is 19.2 Å². The number of fused-ring (bicyclic) bond motifs is 1. The molecule has 0 saturated carbocycles. The van der Waals surface area contributed by atoms with Crippen molar-refractivity contribution >= 4 is 28.7 Å². The van der Waals surface area contributed by atoms with Crippen molar-refractivity contribution in [2.24, 2.45) is 0 Å². The number of hydrogen-bond donors (Lipinski definition) is 2. The summed E-state index contributed by atoms with van der Waals surface area (Å²) in [5.74, 6) is -0.181. The fourth-order valence-corrected chi connectivity index (χ4v) is 4.34. The molecule has 1 fully saturated rings. The molecule has 2 heterocycles. The first-order chi connectivity index (χ1) is 17.7. The minimum Gasteiger partial charge on any atom is -0.497 e. The molecule has 3 aromatic carbocycles. The lowest BCUT2D eigenvalue weighted by Crippen LogP contribution is -2.47. The second-order valence-electron chi connectivity index (χ2n) is 8.73. The number of imide groups is 1. The molecule has 1 aliphatic rings. The molecule has 1 aromatic heterocycles. The smallest absolute Gasteiger partial charge is 0.344 e. The number of ether oxygens (including phenoxy) is 1. The zero-order chi connectivity index (χ0) is 26.3. The number of carbonyl (C=O) groups excluding carboxylic acids is 3. The van der Waals surface area contributed by atoms with Crippen LogP contribution in [0, 0.1) is 6.92 Å². The number of nitrogens with zero attached hydrogens (tertiary/aromatic N) is 3. The van der Waals surface area contributed by atoms with Gasteiger partial charge in [0.2, 0.25) is 0 Å². The van der Waals surface area contributed by atoms with Crippen molar-refractivity contribution in [3.05, 3.63) is 100 Å². The molecule has 0 unspecified atom stereocenters. The average molecular weight is 498 g/mol. The van der Waals surface area contributed by atoms with Gasteiger partial charge < -0.3 is 10.1 Å². The maximum absolute atomic E-state index is 13.1. The second kappa shape index (κ2) is 8.90. The molecule has 37 heavy (non-hydrogen) atoms. The van der Waals surface area contributed by atoms with Crippen molar-refractivity contribution < 1.29 is 19.1 Å². The summed E-state index contributed by atoms with van der Waals surface area (Å²) in [6.07, 6.45) is 0. The fraction of sp³-hybridized carbons (Fsp3) is 0.148. The Hall–Kier alpha value is -4.99. The van der Waals surface area contributed by atoms with Gasteiger partial charge in [-0.25, -0.2) is 9.78 Å². The molecule has 4 amide bonds. The minimum atomic E-state index is -1.36. The standard InChI is InChI=1S/C27H23N5O5/c1-16-28-22-7-5-4-6-21(22)24(34)31(16)19-12-8-17(9-13-19)23(33)30-32-25(35)27(2,29-26(32)36)18-10-14-20(37-3)15-11-18/h4-15H,1-3H3,(H,29,36)(H,30,33)/t27-/m0/s1. The summed E-state index contributed by atoms with van der Waals surface area (Å²) in [7, 11) is 1.53. The van der Waals surface area contributed by atoms with Gasteiger partial charge in [-0.3, -0.25) is 24.4 Å². The Morgan fingerprint density at radius 2 is 1.65 bits per heavy atom. The predicted octanol–water partition coefficient (Wildman–Crippen LogP) is 2.81. The highest BCUT2D eigenvalue weighted by atomic mass is 16.5. The quantitative estimate of drug-likeness (QED) is 0.409. The number of aryl methyl sites for hydroxylation is 1. The fourth-order valence-electron chi connectivity index (χ4n) is 4.34. The van der Waals surface area contributed by atoms with Crippen LogP contribution in [0.1, 0.15) is 28.7 Å². The maximum Gasteiger partial charge on any atom is 0.344 e. The van der Waals surface area contributed by atoms with Crippen molar-refractivity contribution in [1.82, 2.24) is 25.3 Å². The summed E-state index contributed by atoms with van der Waals surface area (Å²) in [5.41, 5.74) is 2.66. The lowest BCUT2D eigenvalue weighted by atomic mass is 9.92. The molecule has 1 atom stereocenters. The summed E-state index contributed by atoms with van der Waals surface area (Å²) >= 11 is 0. The number of urea groups is 1. The number of aromatic nitrogens is 2. The van der Waals surface area contributed by atoms with Crippen molar-refractivity contribution in [3.8, 4) is 11.4 Å². The van der Waals surface area contributed by atoms with E-state index in [0.29, 0.717) is 38.7 Å². The Labute approximate surface area is 211 Å². The lowest BCUT2D eigenvalue weighted by Gasteiger charge is -2.22. The van der Waals surface area contributed by atoms with Gasteiger partial charge in [0.15, 0.2) is 0 Å². The monoisotopic (exact) mass is 497 g/mol. The first kappa shape index (κ1) is 23.7. The number of para-hydroxylation sites is 1. The molecule has 1 aliphatic heterocycles. The van der Waals surface area contributed by atoms with E-state index in [4.69, 9.17) is 4.74 Å². The molecule has 0 bridgehead atoms. The first-order valence-corrected chi connectivity index (χ1v) is 11.4. The third-order valence-electron chi connectivity index (χ3n) is 6.40. The van der Waals surface area contributed by atoms with Gasteiger partial charge in [-0.2, -0.15) is 5.01 Å². The Morgan fingerprint density at radius 3 is 2.32 bits per heavy atom. The van der Waals surface area contributed by atoms with Crippen LogP contribution in [0.15, 0.2) is 77.6 Å². The summed E-state index contributed by atoms with van der Waals surface area (Å²) in [5, 5.41) is 3.78. The highest BCUT2D eigenvalue weighted by molar-refractivity contribution is 6.09. The van der Waals surface area contributed by atoms with Gasteiger partial charge in [-0.1, -0.05) is 24.3 Å². The Balaban J connectivity index is 1.37. The van der Waals surface area contributed by atoms with Gasteiger partial charge >= 0.3 is 6.03 Å². The maximum atomic E-state index is 13.1. The van der Waals surface area contributed by atoms with Crippen molar-refractivity contribution in [2.45, 2.75) is 19.4 Å². The minimum absolute atomic E-state index is 0.196. The molecular formula is C27H23N5O5. The summed E-state index contributed by atoms with van der Waals surface area (Å²) < 4.78 is 6.60. The second-order valence-corrected chi connectivity index (χ2v) is 8.73. The van der Waals surface area contributed by atoms with Gasteiger partial charge in [0.25, 0.3) is 17.4 Å².